The zero-order valence-corrected chi connectivity index (χ0v) is 20.0. The van der Waals surface area contributed by atoms with E-state index in [4.69, 9.17) is 9.47 Å². The molecule has 8 heteroatoms. The van der Waals surface area contributed by atoms with Gasteiger partial charge in [0.2, 0.25) is 5.91 Å². The van der Waals surface area contributed by atoms with Gasteiger partial charge >= 0.3 is 12.1 Å². The van der Waals surface area contributed by atoms with Crippen LogP contribution in [0.2, 0.25) is 0 Å². The third kappa shape index (κ3) is 6.47. The molecule has 0 saturated carbocycles. The summed E-state index contributed by atoms with van der Waals surface area (Å²) in [5.74, 6) is -0.825. The molecular weight excluding hydrogens is 424 g/mol. The van der Waals surface area contributed by atoms with E-state index in [0.29, 0.717) is 32.1 Å². The molecule has 2 heterocycles. The van der Waals surface area contributed by atoms with E-state index in [-0.39, 0.29) is 25.0 Å². The Morgan fingerprint density at radius 2 is 1.88 bits per heavy atom. The van der Waals surface area contributed by atoms with Gasteiger partial charge in [-0.3, -0.25) is 4.79 Å². The lowest BCUT2D eigenvalue weighted by Gasteiger charge is -2.40. The van der Waals surface area contributed by atoms with Gasteiger partial charge in [0, 0.05) is 12.5 Å². The standard InChI is InChI=1S/C25H36N2O6/c1-5-25(31)14-13-18-11-12-20(22(29)32-16-17-9-7-6-8-10-17)27(18)21(28)19(15-25)26-23(30)33-24(2,3)4/h6-10,18-20,31H,5,11-16H2,1-4H3,(H,26,30)/t18-,19+,20+,25?/m1/s1. The normalized spacial score (nSPS) is 27.8. The summed E-state index contributed by atoms with van der Waals surface area (Å²) in [5.41, 5.74) is -0.930. The molecule has 1 unspecified atom stereocenters. The van der Waals surface area contributed by atoms with Crippen LogP contribution in [0, 0.1) is 0 Å². The largest absolute Gasteiger partial charge is 0.459 e. The number of carbonyl (C=O) groups is 3. The lowest BCUT2D eigenvalue weighted by Crippen LogP contribution is -2.58. The molecule has 3 rings (SSSR count). The first kappa shape index (κ1) is 25.0. The molecule has 2 amide bonds. The van der Waals surface area contributed by atoms with E-state index in [1.165, 1.54) is 0 Å². The zero-order valence-electron chi connectivity index (χ0n) is 20.0. The summed E-state index contributed by atoms with van der Waals surface area (Å²) in [7, 11) is 0. The predicted molar refractivity (Wildman–Crippen MR) is 122 cm³/mol. The third-order valence-corrected chi connectivity index (χ3v) is 6.43. The number of hydrogen-bond acceptors (Lipinski definition) is 6. The Kier molecular flexibility index (Phi) is 7.67. The first-order chi connectivity index (χ1) is 15.5. The Bertz CT molecular complexity index is 852. The van der Waals surface area contributed by atoms with Crippen LogP contribution < -0.4 is 5.32 Å². The summed E-state index contributed by atoms with van der Waals surface area (Å²) in [5, 5.41) is 13.7. The topological polar surface area (TPSA) is 105 Å². The molecule has 0 radical (unpaired) electrons. The maximum atomic E-state index is 13.6. The number of aliphatic hydroxyl groups is 1. The van der Waals surface area contributed by atoms with Gasteiger partial charge in [-0.2, -0.15) is 0 Å². The molecule has 2 fully saturated rings. The van der Waals surface area contributed by atoms with Gasteiger partial charge in [0.05, 0.1) is 5.60 Å². The van der Waals surface area contributed by atoms with Crippen LogP contribution in [-0.2, 0) is 25.7 Å². The molecule has 8 nitrogen and oxygen atoms in total. The van der Waals surface area contributed by atoms with Crippen molar-refractivity contribution in [3.05, 3.63) is 35.9 Å². The fourth-order valence-corrected chi connectivity index (χ4v) is 4.62. The Labute approximate surface area is 195 Å². The van der Waals surface area contributed by atoms with Crippen LogP contribution in [0.3, 0.4) is 0 Å². The van der Waals surface area contributed by atoms with Gasteiger partial charge in [0.15, 0.2) is 0 Å². The van der Waals surface area contributed by atoms with Crippen molar-refractivity contribution < 1.29 is 29.0 Å². The molecule has 2 aliphatic rings. The number of esters is 1. The maximum Gasteiger partial charge on any atom is 0.408 e. The number of nitrogens with one attached hydrogen (secondary N) is 1. The first-order valence-corrected chi connectivity index (χ1v) is 11.8. The van der Waals surface area contributed by atoms with Gasteiger partial charge in [0.25, 0.3) is 0 Å². The number of rotatable bonds is 5. The highest BCUT2D eigenvalue weighted by atomic mass is 16.6. The summed E-state index contributed by atoms with van der Waals surface area (Å²) in [4.78, 5) is 40.6. The molecule has 0 spiro atoms. The van der Waals surface area contributed by atoms with E-state index in [2.05, 4.69) is 5.32 Å². The van der Waals surface area contributed by atoms with Gasteiger partial charge in [-0.15, -0.1) is 0 Å². The highest BCUT2D eigenvalue weighted by Gasteiger charge is 2.48. The van der Waals surface area contributed by atoms with Crippen LogP contribution in [0.5, 0.6) is 0 Å². The van der Waals surface area contributed by atoms with E-state index < -0.39 is 35.3 Å². The highest BCUT2D eigenvalue weighted by molar-refractivity contribution is 5.90. The van der Waals surface area contributed by atoms with Gasteiger partial charge in [-0.25, -0.2) is 9.59 Å². The number of fused-ring (bicyclic) bond motifs is 1. The van der Waals surface area contributed by atoms with Gasteiger partial charge in [0.1, 0.15) is 24.3 Å². The van der Waals surface area contributed by atoms with Gasteiger partial charge in [-0.05, 0) is 58.4 Å². The molecule has 33 heavy (non-hydrogen) atoms. The van der Waals surface area contributed by atoms with Crippen molar-refractivity contribution in [1.82, 2.24) is 10.2 Å². The Hall–Kier alpha value is -2.61. The first-order valence-electron chi connectivity index (χ1n) is 11.8. The number of carbonyl (C=O) groups excluding carboxylic acids is 3. The van der Waals surface area contributed by atoms with Crippen molar-refractivity contribution in [3.8, 4) is 0 Å². The van der Waals surface area contributed by atoms with Crippen LogP contribution >= 0.6 is 0 Å². The summed E-state index contributed by atoms with van der Waals surface area (Å²) in [6.45, 7) is 7.23. The number of benzene rings is 1. The average molecular weight is 461 g/mol. The minimum Gasteiger partial charge on any atom is -0.459 e. The molecule has 1 aromatic rings. The minimum atomic E-state index is -1.08. The molecule has 2 aliphatic heterocycles. The van der Waals surface area contributed by atoms with E-state index in [1.54, 1.807) is 25.7 Å². The van der Waals surface area contributed by atoms with Crippen molar-refractivity contribution >= 4 is 18.0 Å². The monoisotopic (exact) mass is 460 g/mol. The van der Waals surface area contributed by atoms with Gasteiger partial charge < -0.3 is 24.8 Å². The lowest BCUT2D eigenvalue weighted by atomic mass is 9.83. The van der Waals surface area contributed by atoms with Crippen LogP contribution in [0.1, 0.15) is 71.8 Å². The number of ether oxygens (including phenoxy) is 2. The Balaban J connectivity index is 1.77. The van der Waals surface area contributed by atoms with Crippen LogP contribution in [0.15, 0.2) is 30.3 Å². The highest BCUT2D eigenvalue weighted by Crippen LogP contribution is 2.36. The zero-order chi connectivity index (χ0) is 24.2. The van der Waals surface area contributed by atoms with Crippen LogP contribution in [0.25, 0.3) is 0 Å². The van der Waals surface area contributed by atoms with Crippen molar-refractivity contribution in [2.24, 2.45) is 0 Å². The predicted octanol–water partition coefficient (Wildman–Crippen LogP) is 3.31. The molecule has 2 N–H and O–H groups in total. The van der Waals surface area contributed by atoms with Crippen LogP contribution in [0.4, 0.5) is 4.79 Å². The second kappa shape index (κ2) is 10.1. The fraction of sp³-hybridized carbons (Fsp3) is 0.640. The van der Waals surface area contributed by atoms with Crippen molar-refractivity contribution in [2.45, 2.75) is 102 Å². The third-order valence-electron chi connectivity index (χ3n) is 6.43. The summed E-state index contributed by atoms with van der Waals surface area (Å²) in [6, 6.07) is 7.50. The molecule has 0 aliphatic carbocycles. The average Bonchev–Trinajstić information content (AvgIpc) is 3.17. The van der Waals surface area contributed by atoms with E-state index in [1.807, 2.05) is 37.3 Å². The summed E-state index contributed by atoms with van der Waals surface area (Å²) in [6.07, 6.45) is 2.02. The van der Waals surface area contributed by atoms with E-state index in [0.717, 1.165) is 5.56 Å². The lowest BCUT2D eigenvalue weighted by molar-refractivity contribution is -0.158. The van der Waals surface area contributed by atoms with Crippen molar-refractivity contribution in [1.29, 1.82) is 0 Å². The maximum absolute atomic E-state index is 13.6. The molecule has 0 bridgehead atoms. The van der Waals surface area contributed by atoms with E-state index >= 15 is 0 Å². The molecule has 2 saturated heterocycles. The van der Waals surface area contributed by atoms with Crippen molar-refractivity contribution in [2.75, 3.05) is 0 Å². The summed E-state index contributed by atoms with van der Waals surface area (Å²) < 4.78 is 10.9. The Morgan fingerprint density at radius 1 is 1.18 bits per heavy atom. The second-order valence-corrected chi connectivity index (χ2v) is 10.1. The van der Waals surface area contributed by atoms with Crippen molar-refractivity contribution in [3.63, 3.8) is 0 Å². The minimum absolute atomic E-state index is 0.0661. The fourth-order valence-electron chi connectivity index (χ4n) is 4.62. The van der Waals surface area contributed by atoms with E-state index in [9.17, 15) is 19.5 Å². The second-order valence-electron chi connectivity index (χ2n) is 10.1. The van der Waals surface area contributed by atoms with Gasteiger partial charge in [-0.1, -0.05) is 37.3 Å². The molecule has 182 valence electrons. The molecular formula is C25H36N2O6. The molecule has 4 atom stereocenters. The quantitative estimate of drug-likeness (QED) is 0.653. The number of alkyl carbamates (subject to hydrolysis) is 1. The smallest absolute Gasteiger partial charge is 0.408 e. The molecule has 1 aromatic carbocycles. The Morgan fingerprint density at radius 3 is 2.52 bits per heavy atom. The summed E-state index contributed by atoms with van der Waals surface area (Å²) >= 11 is 0. The number of nitrogens with zero attached hydrogens (tertiary/aromatic N) is 1. The van der Waals surface area contributed by atoms with Crippen LogP contribution in [-0.4, -0.2) is 57.3 Å². The SMILES string of the molecule is CCC1(O)CC[C@H]2CC[C@@H](C(=O)OCc3ccccc3)N2C(=O)[C@@H](NC(=O)OC(C)(C)C)C1. The number of amides is 2. The molecule has 0 aromatic heterocycles. The number of hydrogen-bond donors (Lipinski definition) is 2.